The van der Waals surface area contributed by atoms with Crippen molar-refractivity contribution in [2.24, 2.45) is 0 Å². The topological polar surface area (TPSA) is 26.3 Å². The third kappa shape index (κ3) is 4.98. The Morgan fingerprint density at radius 3 is 1.96 bits per heavy atom. The Kier molecular flexibility index (Phi) is 5.39. The second kappa shape index (κ2) is 7.16. The van der Waals surface area contributed by atoms with Crippen LogP contribution in [0.3, 0.4) is 0 Å². The molecule has 0 aliphatic heterocycles. The number of halogens is 6. The van der Waals surface area contributed by atoms with Crippen LogP contribution < -0.4 is 4.74 Å². The molecule has 134 valence electrons. The lowest BCUT2D eigenvalue weighted by atomic mass is 10.1. The zero-order valence-electron chi connectivity index (χ0n) is 12.6. The Bertz CT molecular complexity index is 732. The van der Waals surface area contributed by atoms with Crippen molar-refractivity contribution in [1.29, 1.82) is 0 Å². The summed E-state index contributed by atoms with van der Waals surface area (Å²) in [6.45, 7) is -0.325. The summed E-state index contributed by atoms with van der Waals surface area (Å²) >= 11 is 0. The molecule has 0 aliphatic carbocycles. The summed E-state index contributed by atoms with van der Waals surface area (Å²) in [5.41, 5.74) is -1.42. The molecule has 0 heterocycles. The average molecular weight is 362 g/mol. The van der Waals surface area contributed by atoms with Crippen molar-refractivity contribution in [2.45, 2.75) is 25.4 Å². The smallest absolute Gasteiger partial charge is 0.419 e. The molecule has 0 amide bonds. The van der Waals surface area contributed by atoms with Gasteiger partial charge < -0.3 is 9.53 Å². The first-order chi connectivity index (χ1) is 11.6. The van der Waals surface area contributed by atoms with Gasteiger partial charge in [0.25, 0.3) is 0 Å². The number of ether oxygens (including phenoxy) is 1. The molecule has 0 saturated heterocycles. The summed E-state index contributed by atoms with van der Waals surface area (Å²) in [6, 6.07) is 7.16. The van der Waals surface area contributed by atoms with Gasteiger partial charge in [-0.15, -0.1) is 0 Å². The van der Waals surface area contributed by atoms with Crippen LogP contribution in [0.4, 0.5) is 26.3 Å². The highest BCUT2D eigenvalue weighted by Gasteiger charge is 2.34. The van der Waals surface area contributed by atoms with E-state index in [9.17, 15) is 31.1 Å². The van der Waals surface area contributed by atoms with E-state index in [2.05, 4.69) is 0 Å². The van der Waals surface area contributed by atoms with Crippen LogP contribution in [0.1, 0.15) is 22.3 Å². The van der Waals surface area contributed by atoms with Gasteiger partial charge in [-0.1, -0.05) is 18.2 Å². The van der Waals surface area contributed by atoms with E-state index < -0.39 is 29.2 Å². The van der Waals surface area contributed by atoms with Gasteiger partial charge in [0.15, 0.2) is 0 Å². The minimum Gasteiger partial charge on any atom is -0.488 e. The summed E-state index contributed by atoms with van der Waals surface area (Å²) < 4.78 is 81.8. The van der Waals surface area contributed by atoms with Crippen LogP contribution in [0, 0.1) is 0 Å². The summed E-state index contributed by atoms with van der Waals surface area (Å²) in [5, 5.41) is 0. The van der Waals surface area contributed by atoms with Crippen LogP contribution in [0.5, 0.6) is 5.75 Å². The Morgan fingerprint density at radius 1 is 0.840 bits per heavy atom. The average Bonchev–Trinajstić information content (AvgIpc) is 2.52. The second-order valence-corrected chi connectivity index (χ2v) is 5.18. The third-order valence-electron chi connectivity index (χ3n) is 3.34. The molecule has 8 heteroatoms. The van der Waals surface area contributed by atoms with Crippen LogP contribution in [0.2, 0.25) is 0 Å². The second-order valence-electron chi connectivity index (χ2n) is 5.18. The highest BCUT2D eigenvalue weighted by atomic mass is 19.4. The van der Waals surface area contributed by atoms with Crippen LogP contribution in [0.15, 0.2) is 42.5 Å². The highest BCUT2D eigenvalue weighted by Crippen LogP contribution is 2.37. The van der Waals surface area contributed by atoms with Gasteiger partial charge in [0, 0.05) is 6.42 Å². The molecule has 0 radical (unpaired) electrons. The first-order valence-corrected chi connectivity index (χ1v) is 7.04. The number of benzene rings is 2. The number of rotatable bonds is 5. The lowest BCUT2D eigenvalue weighted by Crippen LogP contribution is -2.10. The Labute approximate surface area is 139 Å². The minimum absolute atomic E-state index is 0.164. The van der Waals surface area contributed by atoms with Crippen molar-refractivity contribution in [3.05, 3.63) is 64.7 Å². The molecule has 0 unspecified atom stereocenters. The van der Waals surface area contributed by atoms with Crippen molar-refractivity contribution in [2.75, 3.05) is 0 Å². The van der Waals surface area contributed by atoms with Gasteiger partial charge in [-0.2, -0.15) is 26.3 Å². The number of hydrogen-bond donors (Lipinski definition) is 0. The molecule has 2 aromatic rings. The number of carbonyl (C=O) groups excluding carboxylic acids is 1. The standard InChI is InChI=1S/C17H12F6O2/c18-16(19,20)13-4-1-12(2-5-13)10-25-15-6-3-11(7-8-24)9-14(15)17(21,22)23/h1-6,8-9H,7,10H2. The molecule has 0 bridgehead atoms. The molecule has 0 spiro atoms. The van der Waals surface area contributed by atoms with Crippen LogP contribution in [-0.4, -0.2) is 6.29 Å². The van der Waals surface area contributed by atoms with Crippen molar-refractivity contribution in [3.8, 4) is 5.75 Å². The fourth-order valence-electron chi connectivity index (χ4n) is 2.10. The van der Waals surface area contributed by atoms with E-state index in [0.29, 0.717) is 6.29 Å². The van der Waals surface area contributed by atoms with Crippen molar-refractivity contribution in [1.82, 2.24) is 0 Å². The minimum atomic E-state index is -4.69. The Hall–Kier alpha value is -2.51. The quantitative estimate of drug-likeness (QED) is 0.550. The predicted octanol–water partition coefficient (Wildman–Crippen LogP) is 5.04. The number of hydrogen-bond acceptors (Lipinski definition) is 2. The van der Waals surface area contributed by atoms with E-state index in [1.54, 1.807) is 0 Å². The lowest BCUT2D eigenvalue weighted by molar-refractivity contribution is -0.139. The van der Waals surface area contributed by atoms with E-state index >= 15 is 0 Å². The van der Waals surface area contributed by atoms with Gasteiger partial charge in [0.2, 0.25) is 0 Å². The summed E-state index contributed by atoms with van der Waals surface area (Å²) in [7, 11) is 0. The van der Waals surface area contributed by atoms with Crippen LogP contribution in [0.25, 0.3) is 0 Å². The van der Waals surface area contributed by atoms with Crippen molar-refractivity contribution < 1.29 is 35.9 Å². The summed E-state index contributed by atoms with van der Waals surface area (Å²) in [5.74, 6) is -0.456. The lowest BCUT2D eigenvalue weighted by Gasteiger charge is -2.15. The van der Waals surface area contributed by atoms with Gasteiger partial charge in [-0.25, -0.2) is 0 Å². The molecule has 0 fully saturated rings. The largest absolute Gasteiger partial charge is 0.488 e. The van der Waals surface area contributed by atoms with Crippen molar-refractivity contribution in [3.63, 3.8) is 0 Å². The number of alkyl halides is 6. The summed E-state index contributed by atoms with van der Waals surface area (Å²) in [4.78, 5) is 10.4. The van der Waals surface area contributed by atoms with Gasteiger partial charge in [-0.05, 0) is 35.4 Å². The molecule has 25 heavy (non-hydrogen) atoms. The van der Waals surface area contributed by atoms with Crippen LogP contribution in [-0.2, 0) is 30.2 Å². The molecule has 0 atom stereocenters. The van der Waals surface area contributed by atoms with E-state index in [1.165, 1.54) is 6.07 Å². The van der Waals surface area contributed by atoms with E-state index in [0.717, 1.165) is 36.4 Å². The SMILES string of the molecule is O=CCc1ccc(OCc2ccc(C(F)(F)F)cc2)c(C(F)(F)F)c1. The zero-order chi connectivity index (χ0) is 18.7. The van der Waals surface area contributed by atoms with Gasteiger partial charge >= 0.3 is 12.4 Å². The first-order valence-electron chi connectivity index (χ1n) is 7.04. The maximum atomic E-state index is 13.1. The monoisotopic (exact) mass is 362 g/mol. The molecular formula is C17H12F6O2. The fraction of sp³-hybridized carbons (Fsp3) is 0.235. The van der Waals surface area contributed by atoms with Crippen LogP contribution >= 0.6 is 0 Å². The zero-order valence-corrected chi connectivity index (χ0v) is 12.6. The van der Waals surface area contributed by atoms with Crippen molar-refractivity contribution >= 4 is 6.29 Å². The van der Waals surface area contributed by atoms with E-state index in [4.69, 9.17) is 4.74 Å². The summed E-state index contributed by atoms with van der Waals surface area (Å²) in [6.07, 6.45) is -8.86. The molecule has 0 aromatic heterocycles. The maximum absolute atomic E-state index is 13.1. The molecule has 0 saturated carbocycles. The molecule has 2 nitrogen and oxygen atoms in total. The highest BCUT2D eigenvalue weighted by molar-refractivity contribution is 5.56. The van der Waals surface area contributed by atoms with E-state index in [1.807, 2.05) is 0 Å². The fourth-order valence-corrected chi connectivity index (χ4v) is 2.10. The molecule has 0 N–H and O–H groups in total. The van der Waals surface area contributed by atoms with Gasteiger partial charge in [0.05, 0.1) is 11.1 Å². The Balaban J connectivity index is 2.18. The normalized spacial score (nSPS) is 12.1. The third-order valence-corrected chi connectivity index (χ3v) is 3.34. The first kappa shape index (κ1) is 18.8. The number of carbonyl (C=O) groups is 1. The molecule has 2 rings (SSSR count). The number of aldehydes is 1. The molecular weight excluding hydrogens is 350 g/mol. The van der Waals surface area contributed by atoms with Gasteiger partial charge in [-0.3, -0.25) is 0 Å². The maximum Gasteiger partial charge on any atom is 0.419 e. The predicted molar refractivity (Wildman–Crippen MR) is 77.0 cm³/mol. The Morgan fingerprint density at radius 2 is 1.44 bits per heavy atom. The van der Waals surface area contributed by atoms with Gasteiger partial charge in [0.1, 0.15) is 18.6 Å². The van der Waals surface area contributed by atoms with E-state index in [-0.39, 0.29) is 24.2 Å². The molecule has 2 aromatic carbocycles. The molecule has 0 aliphatic rings.